The van der Waals surface area contributed by atoms with E-state index in [1.54, 1.807) is 42.5 Å². The SMILES string of the molecule is Cc1ccccc1NC(=O)c1cc2ccc3c4ccccc4[nH]c3c2c(N=Nc2ccc3c4c(cccc24)C(=O)c2cc(N=Nc4c(O)c(C(N=O)c5ccccc5C)cc5ccc6c7ccccc7[nH]c6c45)ccc2-3)c1O. The van der Waals surface area contributed by atoms with Crippen LogP contribution in [0, 0.1) is 18.8 Å². The molecule has 13 nitrogen and oxygen atoms in total. The highest BCUT2D eigenvalue weighted by Gasteiger charge is 2.29. The van der Waals surface area contributed by atoms with E-state index >= 15 is 0 Å². The van der Waals surface area contributed by atoms with Crippen molar-refractivity contribution in [2.75, 3.05) is 5.32 Å². The first kappa shape index (κ1) is 45.9. The molecule has 0 saturated carbocycles. The number of aryl methyl sites for hydroxylation is 2. The van der Waals surface area contributed by atoms with Gasteiger partial charge in [0, 0.05) is 76.5 Å². The summed E-state index contributed by atoms with van der Waals surface area (Å²) in [6.07, 6.45) is 0. The summed E-state index contributed by atoms with van der Waals surface area (Å²) in [5, 5.41) is 57.7. The fraction of sp³-hybridized carbons (Fsp3) is 0.0462. The molecule has 0 fully saturated rings. The molecule has 5 N–H and O–H groups in total. The van der Waals surface area contributed by atoms with Crippen LogP contribution < -0.4 is 5.32 Å². The Balaban J connectivity index is 0.873. The molecule has 14 rings (SSSR count). The molecule has 372 valence electrons. The summed E-state index contributed by atoms with van der Waals surface area (Å²) in [5.74, 6) is -1.32. The molecule has 0 radical (unpaired) electrons. The minimum atomic E-state index is -1.04. The molecule has 0 saturated heterocycles. The second-order valence-corrected chi connectivity index (χ2v) is 19.8. The number of rotatable bonds is 9. The van der Waals surface area contributed by atoms with Gasteiger partial charge >= 0.3 is 0 Å². The largest absolute Gasteiger partial charge is 0.505 e. The van der Waals surface area contributed by atoms with Crippen LogP contribution in [0.25, 0.3) is 87.1 Å². The molecule has 13 heteroatoms. The van der Waals surface area contributed by atoms with Gasteiger partial charge in [0.05, 0.1) is 28.0 Å². The Morgan fingerprint density at radius 2 is 1.12 bits per heavy atom. The number of phenolic OH excluding ortho intramolecular Hbond substituents is 2. The van der Waals surface area contributed by atoms with Gasteiger partial charge in [-0.05, 0) is 101 Å². The third-order valence-electron chi connectivity index (χ3n) is 15.3. The molecule has 0 aliphatic heterocycles. The zero-order valence-electron chi connectivity index (χ0n) is 41.8. The van der Waals surface area contributed by atoms with Gasteiger partial charge in [0.25, 0.3) is 5.91 Å². The molecule has 11 aromatic carbocycles. The molecule has 13 aromatic rings. The summed E-state index contributed by atoms with van der Waals surface area (Å²) >= 11 is 0. The average Bonchev–Trinajstić information content (AvgIpc) is 4.21. The van der Waals surface area contributed by atoms with E-state index in [9.17, 15) is 24.7 Å². The lowest BCUT2D eigenvalue weighted by molar-refractivity contribution is 0.102. The van der Waals surface area contributed by atoms with Gasteiger partial charge < -0.3 is 25.5 Å². The maximum absolute atomic E-state index is 14.7. The number of nitrogens with one attached hydrogen (secondary N) is 3. The number of anilines is 1. The number of amides is 1. The summed E-state index contributed by atoms with van der Waals surface area (Å²) in [7, 11) is 0. The number of carbonyl (C=O) groups excluding carboxylic acids is 2. The first-order valence-electron chi connectivity index (χ1n) is 25.3. The zero-order valence-corrected chi connectivity index (χ0v) is 41.8. The lowest BCUT2D eigenvalue weighted by atomic mass is 9.82. The van der Waals surface area contributed by atoms with Gasteiger partial charge in [-0.25, -0.2) is 0 Å². The normalized spacial score (nSPS) is 12.8. The number of nitroso groups, excluding NO2 is 1. The van der Waals surface area contributed by atoms with Crippen molar-refractivity contribution < 1.29 is 19.8 Å². The van der Waals surface area contributed by atoms with Crippen LogP contribution in [0.3, 0.4) is 0 Å². The summed E-state index contributed by atoms with van der Waals surface area (Å²) < 4.78 is 0. The van der Waals surface area contributed by atoms with E-state index in [1.165, 1.54) is 0 Å². The number of fused-ring (bicyclic) bond motifs is 12. The van der Waals surface area contributed by atoms with Gasteiger partial charge in [-0.1, -0.05) is 139 Å². The average molecular weight is 1020 g/mol. The van der Waals surface area contributed by atoms with Crippen molar-refractivity contribution in [1.82, 2.24) is 9.97 Å². The molecule has 1 aliphatic rings. The summed E-state index contributed by atoms with van der Waals surface area (Å²) in [4.78, 5) is 48.5. The molecule has 1 amide bonds. The zero-order chi connectivity index (χ0) is 52.9. The maximum Gasteiger partial charge on any atom is 0.259 e. The monoisotopic (exact) mass is 1010 g/mol. The lowest BCUT2D eigenvalue weighted by Crippen LogP contribution is -2.13. The first-order valence-corrected chi connectivity index (χ1v) is 25.3. The molecule has 0 bridgehead atoms. The Kier molecular flexibility index (Phi) is 10.4. The molecule has 78 heavy (non-hydrogen) atoms. The molecular formula is C65H42N8O5. The first-order chi connectivity index (χ1) is 38.1. The number of aromatic nitrogens is 2. The quantitative estimate of drug-likeness (QED) is 0.0707. The number of azo groups is 2. The van der Waals surface area contributed by atoms with Crippen LogP contribution in [-0.4, -0.2) is 31.9 Å². The molecule has 2 aromatic heterocycles. The second kappa shape index (κ2) is 17.7. The van der Waals surface area contributed by atoms with E-state index < -0.39 is 11.9 Å². The Bertz CT molecular complexity index is 4860. The standard InChI is InChI=1S/C65H42N8O5/c1-33-12-3-5-14-38(33)57(73-78)48-30-35-22-25-43-40-15-6-9-20-51(40)66-58(43)54(35)60(63(48)75)71-69-37-24-27-39-42-28-29-53(45-17-11-18-46(56(42)45)62(74)47(39)32-37)70-72-61-55-36(23-26-44-41-16-7-10-21-52(41)67-59(44)55)31-49(64(61)76)65(77)68-50-19-8-4-13-34(50)2/h3-32,57,66-67,75-76H,1-2H3,(H,68,77). The van der Waals surface area contributed by atoms with E-state index in [4.69, 9.17) is 20.5 Å². The minimum Gasteiger partial charge on any atom is -0.505 e. The predicted octanol–water partition coefficient (Wildman–Crippen LogP) is 17.6. The highest BCUT2D eigenvalue weighted by molar-refractivity contribution is 6.28. The number of carbonyl (C=O) groups is 2. The van der Waals surface area contributed by atoms with Crippen molar-refractivity contribution in [1.29, 1.82) is 0 Å². The number of H-pyrrole nitrogens is 2. The minimum absolute atomic E-state index is 0.0281. The van der Waals surface area contributed by atoms with Crippen LogP contribution in [0.15, 0.2) is 208 Å². The fourth-order valence-corrected chi connectivity index (χ4v) is 11.5. The number of hydrogen-bond acceptors (Lipinski definition) is 10. The van der Waals surface area contributed by atoms with Crippen molar-refractivity contribution >= 4 is 116 Å². The Labute approximate surface area is 443 Å². The van der Waals surface area contributed by atoms with Crippen molar-refractivity contribution in [2.24, 2.45) is 25.6 Å². The van der Waals surface area contributed by atoms with E-state index in [1.807, 2.05) is 153 Å². The van der Waals surface area contributed by atoms with Gasteiger partial charge in [-0.3, -0.25) is 9.59 Å². The van der Waals surface area contributed by atoms with Gasteiger partial charge in [0.2, 0.25) is 0 Å². The highest BCUT2D eigenvalue weighted by atomic mass is 16.3. The fourth-order valence-electron chi connectivity index (χ4n) is 11.5. The third-order valence-corrected chi connectivity index (χ3v) is 15.3. The number of benzene rings is 11. The van der Waals surface area contributed by atoms with Crippen molar-refractivity contribution in [2.45, 2.75) is 19.9 Å². The molecule has 1 atom stereocenters. The summed E-state index contributed by atoms with van der Waals surface area (Å²) in [6.45, 7) is 3.79. The molecule has 1 aliphatic carbocycles. The van der Waals surface area contributed by atoms with Crippen LogP contribution in [0.1, 0.15) is 54.6 Å². The Hall–Kier alpha value is -10.7. The predicted molar refractivity (Wildman–Crippen MR) is 309 cm³/mol. The number of para-hydroxylation sites is 3. The van der Waals surface area contributed by atoms with Gasteiger partial charge in [-0.2, -0.15) is 5.11 Å². The maximum atomic E-state index is 14.7. The van der Waals surface area contributed by atoms with Gasteiger partial charge in [0.15, 0.2) is 11.5 Å². The van der Waals surface area contributed by atoms with Crippen LogP contribution in [0.4, 0.5) is 28.4 Å². The number of ketones is 1. The molecule has 0 spiro atoms. The van der Waals surface area contributed by atoms with E-state index in [0.717, 1.165) is 60.3 Å². The number of aromatic hydroxyl groups is 2. The van der Waals surface area contributed by atoms with Crippen LogP contribution in [0.2, 0.25) is 0 Å². The van der Waals surface area contributed by atoms with Crippen LogP contribution >= 0.6 is 0 Å². The van der Waals surface area contributed by atoms with Crippen LogP contribution in [-0.2, 0) is 0 Å². The van der Waals surface area contributed by atoms with Crippen LogP contribution in [0.5, 0.6) is 11.5 Å². The Morgan fingerprint density at radius 3 is 1.82 bits per heavy atom. The summed E-state index contributed by atoms with van der Waals surface area (Å²) in [5.41, 5.74) is 9.95. The van der Waals surface area contributed by atoms with Gasteiger partial charge in [-0.15, -0.1) is 20.2 Å². The molecule has 2 heterocycles. The second-order valence-electron chi connectivity index (χ2n) is 19.8. The van der Waals surface area contributed by atoms with Crippen molar-refractivity contribution in [3.63, 3.8) is 0 Å². The highest BCUT2D eigenvalue weighted by Crippen LogP contribution is 2.50. The third kappa shape index (κ3) is 7.09. The molecular weight excluding hydrogens is 973 g/mol. The molecule has 1 unspecified atom stereocenters. The Morgan fingerprint density at radius 1 is 0.500 bits per heavy atom. The van der Waals surface area contributed by atoms with Gasteiger partial charge in [0.1, 0.15) is 23.2 Å². The smallest absolute Gasteiger partial charge is 0.259 e. The van der Waals surface area contributed by atoms with E-state index in [0.29, 0.717) is 71.6 Å². The summed E-state index contributed by atoms with van der Waals surface area (Å²) in [6, 6.07) is 55.5. The number of aromatic amines is 2. The number of phenols is 2. The van der Waals surface area contributed by atoms with Crippen molar-refractivity contribution in [3.05, 3.63) is 226 Å². The number of nitrogens with zero attached hydrogens (tertiary/aromatic N) is 5. The number of hydrogen-bond donors (Lipinski definition) is 5. The van der Waals surface area contributed by atoms with E-state index in [-0.39, 0.29) is 39.8 Å². The topological polar surface area (TPSA) is 197 Å². The van der Waals surface area contributed by atoms with Crippen molar-refractivity contribution in [3.8, 4) is 22.6 Å². The lowest BCUT2D eigenvalue weighted by Gasteiger charge is -2.20. The van der Waals surface area contributed by atoms with E-state index in [2.05, 4.69) is 20.5 Å².